The van der Waals surface area contributed by atoms with Gasteiger partial charge >= 0.3 is 0 Å². The van der Waals surface area contributed by atoms with Crippen LogP contribution >= 0.6 is 0 Å². The third kappa shape index (κ3) is 2.79. The number of amides is 1. The van der Waals surface area contributed by atoms with Crippen molar-refractivity contribution in [3.63, 3.8) is 0 Å². The first-order valence-electron chi connectivity index (χ1n) is 6.97. The molecule has 5 heteroatoms. The summed E-state index contributed by atoms with van der Waals surface area (Å²) in [7, 11) is 0. The molecule has 0 aliphatic heterocycles. The van der Waals surface area contributed by atoms with Crippen molar-refractivity contribution in [1.82, 2.24) is 10.3 Å². The van der Waals surface area contributed by atoms with Crippen LogP contribution in [-0.2, 0) is 6.42 Å². The zero-order valence-electron chi connectivity index (χ0n) is 11.8. The number of hydrogen-bond donors (Lipinski definition) is 3. The molecule has 0 bridgehead atoms. The highest BCUT2D eigenvalue weighted by Crippen LogP contribution is 2.19. The highest BCUT2D eigenvalue weighted by atomic mass is 19.1. The largest absolute Gasteiger partial charge is 0.507 e. The first-order chi connectivity index (χ1) is 10.6. The number of para-hydroxylation sites is 1. The lowest BCUT2D eigenvalue weighted by Gasteiger charge is -2.06. The number of carbonyl (C=O) groups is 1. The van der Waals surface area contributed by atoms with Gasteiger partial charge in [0, 0.05) is 29.7 Å². The Labute approximate surface area is 126 Å². The molecule has 0 fully saturated rings. The number of benzene rings is 2. The summed E-state index contributed by atoms with van der Waals surface area (Å²) in [5, 5.41) is 13.4. The van der Waals surface area contributed by atoms with Crippen LogP contribution in [0.25, 0.3) is 10.9 Å². The molecule has 0 radical (unpaired) electrons. The normalized spacial score (nSPS) is 10.8. The molecule has 3 aromatic rings. The van der Waals surface area contributed by atoms with E-state index < -0.39 is 11.7 Å². The zero-order valence-corrected chi connectivity index (χ0v) is 11.8. The van der Waals surface area contributed by atoms with Crippen LogP contribution in [0.2, 0.25) is 0 Å². The number of aromatic amines is 1. The number of fused-ring (bicyclic) bond motifs is 1. The van der Waals surface area contributed by atoms with Crippen LogP contribution in [0.4, 0.5) is 4.39 Å². The molecule has 3 N–H and O–H groups in total. The Bertz CT molecular complexity index is 826. The molecule has 0 aliphatic rings. The van der Waals surface area contributed by atoms with Crippen molar-refractivity contribution in [3.8, 4) is 5.75 Å². The average molecular weight is 298 g/mol. The number of hydrogen-bond acceptors (Lipinski definition) is 2. The molecule has 112 valence electrons. The summed E-state index contributed by atoms with van der Waals surface area (Å²) in [5.41, 5.74) is 2.24. The van der Waals surface area contributed by atoms with Crippen molar-refractivity contribution >= 4 is 16.8 Å². The van der Waals surface area contributed by atoms with Crippen LogP contribution in [-0.4, -0.2) is 22.5 Å². The van der Waals surface area contributed by atoms with Crippen LogP contribution in [0.1, 0.15) is 15.9 Å². The molecular formula is C17H15FN2O2. The summed E-state index contributed by atoms with van der Waals surface area (Å²) in [6, 6.07) is 11.3. The van der Waals surface area contributed by atoms with Crippen molar-refractivity contribution in [2.45, 2.75) is 6.42 Å². The number of H-pyrrole nitrogens is 1. The van der Waals surface area contributed by atoms with Gasteiger partial charge in [0.1, 0.15) is 11.6 Å². The standard InChI is InChI=1S/C17H15FN2O2/c18-12-5-6-14(16(21)9-12)17(22)19-8-7-11-10-20-15-4-2-1-3-13(11)15/h1-6,9-10,20-21H,7-8H2,(H,19,22). The molecule has 2 aromatic carbocycles. The molecule has 0 saturated carbocycles. The quantitative estimate of drug-likeness (QED) is 0.693. The number of halogens is 1. The molecule has 22 heavy (non-hydrogen) atoms. The second-order valence-electron chi connectivity index (χ2n) is 5.03. The number of nitrogens with one attached hydrogen (secondary N) is 2. The van der Waals surface area contributed by atoms with E-state index in [0.29, 0.717) is 13.0 Å². The van der Waals surface area contributed by atoms with Gasteiger partial charge in [0.2, 0.25) is 0 Å². The lowest BCUT2D eigenvalue weighted by molar-refractivity contribution is 0.0951. The van der Waals surface area contributed by atoms with Gasteiger partial charge in [0.15, 0.2) is 0 Å². The van der Waals surface area contributed by atoms with E-state index in [9.17, 15) is 14.3 Å². The number of aromatic hydroxyl groups is 1. The number of aromatic nitrogens is 1. The third-order valence-corrected chi connectivity index (χ3v) is 3.56. The summed E-state index contributed by atoms with van der Waals surface area (Å²) < 4.78 is 12.9. The van der Waals surface area contributed by atoms with Gasteiger partial charge < -0.3 is 15.4 Å². The van der Waals surface area contributed by atoms with E-state index in [-0.39, 0.29) is 11.3 Å². The molecule has 1 aromatic heterocycles. The molecule has 0 aliphatic carbocycles. The Kier molecular flexibility index (Phi) is 3.78. The maximum Gasteiger partial charge on any atom is 0.255 e. The van der Waals surface area contributed by atoms with Crippen LogP contribution in [0.3, 0.4) is 0 Å². The van der Waals surface area contributed by atoms with Crippen molar-refractivity contribution in [2.75, 3.05) is 6.54 Å². The minimum atomic E-state index is -0.576. The summed E-state index contributed by atoms with van der Waals surface area (Å²) >= 11 is 0. The highest BCUT2D eigenvalue weighted by Gasteiger charge is 2.11. The van der Waals surface area contributed by atoms with Gasteiger partial charge in [-0.1, -0.05) is 18.2 Å². The molecule has 1 heterocycles. The Morgan fingerprint density at radius 3 is 2.86 bits per heavy atom. The third-order valence-electron chi connectivity index (χ3n) is 3.56. The predicted molar refractivity (Wildman–Crippen MR) is 82.4 cm³/mol. The monoisotopic (exact) mass is 298 g/mol. The minimum absolute atomic E-state index is 0.0697. The Balaban J connectivity index is 1.64. The van der Waals surface area contributed by atoms with Gasteiger partial charge in [-0.3, -0.25) is 4.79 Å². The van der Waals surface area contributed by atoms with Crippen molar-refractivity contribution in [2.24, 2.45) is 0 Å². The molecular weight excluding hydrogens is 283 g/mol. The van der Waals surface area contributed by atoms with Gasteiger partial charge in [-0.05, 0) is 30.2 Å². The summed E-state index contributed by atoms with van der Waals surface area (Å²) in [5.74, 6) is -1.35. The molecule has 0 unspecified atom stereocenters. The van der Waals surface area contributed by atoms with E-state index >= 15 is 0 Å². The molecule has 0 spiro atoms. The maximum atomic E-state index is 12.9. The smallest absolute Gasteiger partial charge is 0.255 e. The fraction of sp³-hybridized carbons (Fsp3) is 0.118. The first-order valence-corrected chi connectivity index (χ1v) is 6.97. The Hall–Kier alpha value is -2.82. The van der Waals surface area contributed by atoms with E-state index in [4.69, 9.17) is 0 Å². The highest BCUT2D eigenvalue weighted by molar-refractivity contribution is 5.96. The van der Waals surface area contributed by atoms with Crippen LogP contribution in [0.5, 0.6) is 5.75 Å². The maximum absolute atomic E-state index is 12.9. The lowest BCUT2D eigenvalue weighted by Crippen LogP contribution is -2.25. The van der Waals surface area contributed by atoms with Crippen molar-refractivity contribution in [3.05, 3.63) is 65.6 Å². The van der Waals surface area contributed by atoms with Gasteiger partial charge in [-0.25, -0.2) is 4.39 Å². The molecule has 3 rings (SSSR count). The van der Waals surface area contributed by atoms with Gasteiger partial charge in [0.25, 0.3) is 5.91 Å². The second-order valence-corrected chi connectivity index (χ2v) is 5.03. The average Bonchev–Trinajstić information content (AvgIpc) is 2.90. The van der Waals surface area contributed by atoms with Crippen LogP contribution in [0.15, 0.2) is 48.7 Å². The summed E-state index contributed by atoms with van der Waals surface area (Å²) in [6.07, 6.45) is 2.59. The van der Waals surface area contributed by atoms with Gasteiger partial charge in [-0.15, -0.1) is 0 Å². The van der Waals surface area contributed by atoms with E-state index in [0.717, 1.165) is 28.6 Å². The zero-order chi connectivity index (χ0) is 15.5. The number of carbonyl (C=O) groups excluding carboxylic acids is 1. The van der Waals surface area contributed by atoms with Crippen LogP contribution < -0.4 is 5.32 Å². The van der Waals surface area contributed by atoms with Crippen molar-refractivity contribution in [1.29, 1.82) is 0 Å². The summed E-state index contributed by atoms with van der Waals surface area (Å²) in [6.45, 7) is 0.428. The molecule has 1 amide bonds. The van der Waals surface area contributed by atoms with E-state index in [1.807, 2.05) is 30.5 Å². The molecule has 4 nitrogen and oxygen atoms in total. The fourth-order valence-corrected chi connectivity index (χ4v) is 2.44. The SMILES string of the molecule is O=C(NCCc1c[nH]c2ccccc12)c1ccc(F)cc1O. The number of phenolic OH excluding ortho intramolecular Hbond substituents is 1. The Morgan fingerprint density at radius 2 is 2.05 bits per heavy atom. The second kappa shape index (κ2) is 5.89. The van der Waals surface area contributed by atoms with E-state index in [1.54, 1.807) is 0 Å². The predicted octanol–water partition coefficient (Wildman–Crippen LogP) is 2.99. The van der Waals surface area contributed by atoms with Gasteiger partial charge in [-0.2, -0.15) is 0 Å². The lowest BCUT2D eigenvalue weighted by atomic mass is 10.1. The Morgan fingerprint density at radius 1 is 1.23 bits per heavy atom. The van der Waals surface area contributed by atoms with Gasteiger partial charge in [0.05, 0.1) is 5.56 Å². The van der Waals surface area contributed by atoms with Crippen molar-refractivity contribution < 1.29 is 14.3 Å². The number of rotatable bonds is 4. The summed E-state index contributed by atoms with van der Waals surface area (Å²) in [4.78, 5) is 15.1. The molecule has 0 atom stereocenters. The number of phenols is 1. The van der Waals surface area contributed by atoms with E-state index in [2.05, 4.69) is 10.3 Å². The molecule has 0 saturated heterocycles. The van der Waals surface area contributed by atoms with Crippen LogP contribution in [0, 0.1) is 5.82 Å². The minimum Gasteiger partial charge on any atom is -0.507 e. The first kappa shape index (κ1) is 14.1. The van der Waals surface area contributed by atoms with E-state index in [1.165, 1.54) is 6.07 Å². The topological polar surface area (TPSA) is 65.1 Å². The fourth-order valence-electron chi connectivity index (χ4n) is 2.44.